The fraction of sp³-hybridized carbons (Fsp3) is 0.933. The van der Waals surface area contributed by atoms with Gasteiger partial charge in [-0.1, -0.05) is 6.42 Å². The molecule has 0 saturated carbocycles. The number of aliphatic carboxylic acids is 1. The Balaban J connectivity index is 2.08. The Morgan fingerprint density at radius 1 is 1.37 bits per heavy atom. The highest BCUT2D eigenvalue weighted by atomic mass is 16.4. The summed E-state index contributed by atoms with van der Waals surface area (Å²) in [5.74, 6) is -0.651. The van der Waals surface area contributed by atoms with Crippen LogP contribution < -0.4 is 5.32 Å². The molecule has 2 aliphatic rings. The number of nitrogens with zero attached hydrogens (tertiary/aromatic N) is 1. The Hall–Kier alpha value is -0.610. The number of carboxylic acid groups (broad SMARTS) is 1. The van der Waals surface area contributed by atoms with E-state index in [-0.39, 0.29) is 0 Å². The van der Waals surface area contributed by atoms with Crippen molar-refractivity contribution in [2.45, 2.75) is 76.4 Å². The summed E-state index contributed by atoms with van der Waals surface area (Å²) in [6.45, 7) is 6.42. The molecule has 2 unspecified atom stereocenters. The summed E-state index contributed by atoms with van der Waals surface area (Å²) in [5, 5.41) is 13.0. The molecule has 110 valence electrons. The lowest BCUT2D eigenvalue weighted by Crippen LogP contribution is -2.59. The molecule has 2 heterocycles. The van der Waals surface area contributed by atoms with Crippen molar-refractivity contribution in [2.24, 2.45) is 0 Å². The summed E-state index contributed by atoms with van der Waals surface area (Å²) >= 11 is 0. The van der Waals surface area contributed by atoms with Gasteiger partial charge in [0.05, 0.1) is 0 Å². The highest BCUT2D eigenvalue weighted by Gasteiger charge is 2.43. The first-order valence-electron chi connectivity index (χ1n) is 7.79. The molecule has 2 atom stereocenters. The molecule has 0 amide bonds. The lowest BCUT2D eigenvalue weighted by molar-refractivity contribution is -0.147. The lowest BCUT2D eigenvalue weighted by Gasteiger charge is -2.44. The highest BCUT2D eigenvalue weighted by molar-refractivity contribution is 5.79. The molecule has 0 aromatic carbocycles. The Bertz CT molecular complexity index is 311. The van der Waals surface area contributed by atoms with E-state index in [1.807, 2.05) is 0 Å². The fourth-order valence-corrected chi connectivity index (χ4v) is 3.74. The average Bonchev–Trinajstić information content (AvgIpc) is 2.40. The van der Waals surface area contributed by atoms with Gasteiger partial charge in [-0.2, -0.15) is 0 Å². The van der Waals surface area contributed by atoms with Crippen molar-refractivity contribution in [3.05, 3.63) is 0 Å². The topological polar surface area (TPSA) is 52.6 Å². The van der Waals surface area contributed by atoms with Gasteiger partial charge >= 0.3 is 5.97 Å². The van der Waals surface area contributed by atoms with Crippen molar-refractivity contribution in [3.8, 4) is 0 Å². The third-order valence-corrected chi connectivity index (χ3v) is 4.82. The maximum atomic E-state index is 11.7. The zero-order valence-corrected chi connectivity index (χ0v) is 12.3. The highest BCUT2D eigenvalue weighted by Crippen LogP contribution is 2.31. The molecule has 0 aromatic heterocycles. The smallest absolute Gasteiger partial charge is 0.323 e. The van der Waals surface area contributed by atoms with Crippen molar-refractivity contribution in [2.75, 3.05) is 13.1 Å². The predicted octanol–water partition coefficient (Wildman–Crippen LogP) is 2.24. The van der Waals surface area contributed by atoms with Gasteiger partial charge in [0.1, 0.15) is 5.54 Å². The molecule has 19 heavy (non-hydrogen) atoms. The summed E-state index contributed by atoms with van der Waals surface area (Å²) in [7, 11) is 0. The zero-order chi connectivity index (χ0) is 13.9. The minimum Gasteiger partial charge on any atom is -0.480 e. The quantitative estimate of drug-likeness (QED) is 0.821. The van der Waals surface area contributed by atoms with Gasteiger partial charge in [0.25, 0.3) is 0 Å². The minimum atomic E-state index is -0.673. The number of hydrogen-bond donors (Lipinski definition) is 2. The third-order valence-electron chi connectivity index (χ3n) is 4.82. The average molecular weight is 268 g/mol. The van der Waals surface area contributed by atoms with Crippen molar-refractivity contribution in [3.63, 3.8) is 0 Å². The van der Waals surface area contributed by atoms with Crippen molar-refractivity contribution in [1.29, 1.82) is 0 Å². The van der Waals surface area contributed by atoms with Crippen molar-refractivity contribution >= 4 is 5.97 Å². The van der Waals surface area contributed by atoms with E-state index in [2.05, 4.69) is 24.1 Å². The standard InChI is InChI=1S/C15H28N2O2/c1-12(2)17-10-6-3-7-13(17)11-15(14(18)19)8-4-5-9-16-15/h12-13,16H,3-11H2,1-2H3,(H,18,19). The van der Waals surface area contributed by atoms with Crippen LogP contribution in [0.25, 0.3) is 0 Å². The van der Waals surface area contributed by atoms with Crippen LogP contribution in [0.3, 0.4) is 0 Å². The molecule has 0 bridgehead atoms. The second-order valence-corrected chi connectivity index (χ2v) is 6.46. The van der Waals surface area contributed by atoms with E-state index in [1.54, 1.807) is 0 Å². The predicted molar refractivity (Wildman–Crippen MR) is 76.3 cm³/mol. The first-order chi connectivity index (χ1) is 9.05. The summed E-state index contributed by atoms with van der Waals surface area (Å²) in [6, 6.07) is 0.940. The summed E-state index contributed by atoms with van der Waals surface area (Å²) in [4.78, 5) is 14.2. The lowest BCUT2D eigenvalue weighted by atomic mass is 9.80. The molecule has 2 aliphatic heterocycles. The third kappa shape index (κ3) is 3.29. The molecule has 2 fully saturated rings. The number of carboxylic acids is 1. The Labute approximate surface area is 116 Å². The van der Waals surface area contributed by atoms with E-state index in [9.17, 15) is 9.90 Å². The molecule has 2 saturated heterocycles. The van der Waals surface area contributed by atoms with E-state index in [4.69, 9.17) is 0 Å². The van der Waals surface area contributed by atoms with Gasteiger partial charge in [-0.15, -0.1) is 0 Å². The summed E-state index contributed by atoms with van der Waals surface area (Å²) in [5.41, 5.74) is -0.673. The van der Waals surface area contributed by atoms with Crippen LogP contribution in [0.15, 0.2) is 0 Å². The van der Waals surface area contributed by atoms with Crippen LogP contribution in [0.2, 0.25) is 0 Å². The minimum absolute atomic E-state index is 0.426. The van der Waals surface area contributed by atoms with Crippen LogP contribution in [0.5, 0.6) is 0 Å². The van der Waals surface area contributed by atoms with Crippen LogP contribution in [-0.4, -0.2) is 46.7 Å². The van der Waals surface area contributed by atoms with Crippen molar-refractivity contribution < 1.29 is 9.90 Å². The van der Waals surface area contributed by atoms with Crippen LogP contribution in [-0.2, 0) is 4.79 Å². The number of likely N-dealkylation sites (tertiary alicyclic amines) is 1. The van der Waals surface area contributed by atoms with Gasteiger partial charge < -0.3 is 10.4 Å². The van der Waals surface area contributed by atoms with Gasteiger partial charge in [-0.05, 0) is 65.5 Å². The van der Waals surface area contributed by atoms with Gasteiger partial charge in [0, 0.05) is 12.1 Å². The second-order valence-electron chi connectivity index (χ2n) is 6.46. The maximum Gasteiger partial charge on any atom is 0.323 e. The molecule has 4 heteroatoms. The van der Waals surface area contributed by atoms with Crippen LogP contribution >= 0.6 is 0 Å². The monoisotopic (exact) mass is 268 g/mol. The Kier molecular flexibility index (Phi) is 4.85. The normalized spacial score (nSPS) is 33.5. The Morgan fingerprint density at radius 3 is 2.74 bits per heavy atom. The van der Waals surface area contributed by atoms with E-state index < -0.39 is 11.5 Å². The summed E-state index contributed by atoms with van der Waals surface area (Å²) < 4.78 is 0. The molecule has 0 aliphatic carbocycles. The second kappa shape index (κ2) is 6.23. The number of carbonyl (C=O) groups is 1. The number of rotatable bonds is 4. The first kappa shape index (κ1) is 14.8. The van der Waals surface area contributed by atoms with Crippen LogP contribution in [0.4, 0.5) is 0 Å². The zero-order valence-electron chi connectivity index (χ0n) is 12.3. The van der Waals surface area contributed by atoms with E-state index >= 15 is 0 Å². The van der Waals surface area contributed by atoms with Crippen LogP contribution in [0, 0.1) is 0 Å². The van der Waals surface area contributed by atoms with E-state index in [0.717, 1.165) is 45.2 Å². The Morgan fingerprint density at radius 2 is 2.16 bits per heavy atom. The molecular weight excluding hydrogens is 240 g/mol. The molecule has 2 rings (SSSR count). The molecule has 2 N–H and O–H groups in total. The van der Waals surface area contributed by atoms with Crippen LogP contribution in [0.1, 0.15) is 58.8 Å². The molecule has 4 nitrogen and oxygen atoms in total. The summed E-state index contributed by atoms with van der Waals surface area (Å²) in [6.07, 6.45) is 7.33. The first-order valence-corrected chi connectivity index (χ1v) is 7.79. The molecule has 0 aromatic rings. The van der Waals surface area contributed by atoms with Gasteiger partial charge in [-0.3, -0.25) is 9.69 Å². The van der Waals surface area contributed by atoms with Gasteiger partial charge in [0.2, 0.25) is 0 Å². The van der Waals surface area contributed by atoms with Gasteiger partial charge in [0.15, 0.2) is 0 Å². The maximum absolute atomic E-state index is 11.7. The number of hydrogen-bond acceptors (Lipinski definition) is 3. The van der Waals surface area contributed by atoms with E-state index in [0.29, 0.717) is 12.1 Å². The number of piperidine rings is 2. The molecular formula is C15H28N2O2. The fourth-order valence-electron chi connectivity index (χ4n) is 3.74. The number of nitrogens with one attached hydrogen (secondary N) is 1. The molecule has 0 radical (unpaired) electrons. The van der Waals surface area contributed by atoms with Gasteiger partial charge in [-0.25, -0.2) is 0 Å². The molecule has 0 spiro atoms. The largest absolute Gasteiger partial charge is 0.480 e. The van der Waals surface area contributed by atoms with Crippen molar-refractivity contribution in [1.82, 2.24) is 10.2 Å². The van der Waals surface area contributed by atoms with E-state index in [1.165, 1.54) is 12.8 Å². The SMILES string of the molecule is CC(C)N1CCCCC1CC1(C(=O)O)CCCCN1.